The molecule has 1 amide bonds. The van der Waals surface area contributed by atoms with E-state index in [4.69, 9.17) is 10.5 Å². The van der Waals surface area contributed by atoms with Gasteiger partial charge in [-0.1, -0.05) is 6.92 Å². The first-order chi connectivity index (χ1) is 11.8. The molecule has 0 saturated carbocycles. The Labute approximate surface area is 175 Å². The van der Waals surface area contributed by atoms with Gasteiger partial charge in [0.15, 0.2) is 5.96 Å². The van der Waals surface area contributed by atoms with Crippen LogP contribution in [0.4, 0.5) is 4.79 Å². The Morgan fingerprint density at radius 3 is 2.35 bits per heavy atom. The predicted octanol–water partition coefficient (Wildman–Crippen LogP) is 2.20. The minimum atomic E-state index is -0.457. The van der Waals surface area contributed by atoms with Gasteiger partial charge in [-0.15, -0.1) is 24.0 Å². The summed E-state index contributed by atoms with van der Waals surface area (Å²) in [5.41, 5.74) is 5.73. The van der Waals surface area contributed by atoms with E-state index in [1.165, 1.54) is 19.4 Å². The number of piperazine rings is 1. The van der Waals surface area contributed by atoms with Crippen LogP contribution in [0, 0.1) is 5.92 Å². The number of hydrogen-bond acceptors (Lipinski definition) is 4. The van der Waals surface area contributed by atoms with Crippen LogP contribution in [0.1, 0.15) is 40.5 Å². The van der Waals surface area contributed by atoms with E-state index in [1.807, 2.05) is 20.8 Å². The second-order valence-corrected chi connectivity index (χ2v) is 8.05. The summed E-state index contributed by atoms with van der Waals surface area (Å²) in [4.78, 5) is 23.0. The lowest BCUT2D eigenvalue weighted by molar-refractivity contribution is 0.0186. The molecule has 1 atom stereocenters. The molecule has 1 unspecified atom stereocenters. The summed E-state index contributed by atoms with van der Waals surface area (Å²) in [6.07, 6.45) is 2.24. The zero-order chi connectivity index (χ0) is 18.4. The van der Waals surface area contributed by atoms with Crippen molar-refractivity contribution in [3.05, 3.63) is 0 Å². The fourth-order valence-electron chi connectivity index (χ4n) is 3.35. The third-order valence-electron chi connectivity index (χ3n) is 4.82. The average molecular weight is 481 g/mol. The molecule has 26 heavy (non-hydrogen) atoms. The number of aliphatic imine (C=N–C) groups is 1. The smallest absolute Gasteiger partial charge is 0.410 e. The van der Waals surface area contributed by atoms with Crippen molar-refractivity contribution in [2.24, 2.45) is 16.6 Å². The fourth-order valence-corrected chi connectivity index (χ4v) is 3.35. The first-order valence-electron chi connectivity index (χ1n) is 9.53. The molecule has 7 nitrogen and oxygen atoms in total. The van der Waals surface area contributed by atoms with Crippen LogP contribution in [0.15, 0.2) is 4.99 Å². The SMILES string of the molecule is CCN1CCCC(CN=C(N)N2CCN(C(=O)OC(C)(C)C)CC2)C1.I. The quantitative estimate of drug-likeness (QED) is 0.380. The number of likely N-dealkylation sites (tertiary alicyclic amines) is 1. The van der Waals surface area contributed by atoms with E-state index >= 15 is 0 Å². The molecule has 2 aliphatic heterocycles. The zero-order valence-electron chi connectivity index (χ0n) is 16.7. The van der Waals surface area contributed by atoms with E-state index in [-0.39, 0.29) is 30.1 Å². The van der Waals surface area contributed by atoms with E-state index < -0.39 is 5.60 Å². The Kier molecular flexibility index (Phi) is 9.43. The number of amides is 1. The largest absolute Gasteiger partial charge is 0.444 e. The summed E-state index contributed by atoms with van der Waals surface area (Å²) in [5.74, 6) is 1.22. The molecule has 0 aromatic carbocycles. The molecule has 2 fully saturated rings. The Morgan fingerprint density at radius 2 is 1.77 bits per heavy atom. The van der Waals surface area contributed by atoms with Crippen molar-refractivity contribution < 1.29 is 9.53 Å². The Hall–Kier alpha value is -0.770. The van der Waals surface area contributed by atoms with Crippen molar-refractivity contribution in [2.75, 3.05) is 52.4 Å². The number of ether oxygens (including phenoxy) is 1. The van der Waals surface area contributed by atoms with Crippen LogP contribution in [0.25, 0.3) is 0 Å². The van der Waals surface area contributed by atoms with Crippen LogP contribution < -0.4 is 5.73 Å². The molecule has 0 aromatic rings. The summed E-state index contributed by atoms with van der Waals surface area (Å²) in [5, 5.41) is 0. The monoisotopic (exact) mass is 481 g/mol. The molecule has 2 heterocycles. The standard InChI is InChI=1S/C18H35N5O2.HI/c1-5-21-8-6-7-15(14-21)13-20-16(19)22-9-11-23(12-10-22)17(24)25-18(2,3)4;/h15H,5-14H2,1-4H3,(H2,19,20);1H. The number of guanidine groups is 1. The summed E-state index contributed by atoms with van der Waals surface area (Å²) in [6, 6.07) is 0. The van der Waals surface area contributed by atoms with Crippen molar-refractivity contribution in [1.82, 2.24) is 14.7 Å². The number of rotatable bonds is 3. The van der Waals surface area contributed by atoms with Gasteiger partial charge in [0.05, 0.1) is 0 Å². The number of hydrogen-bond donors (Lipinski definition) is 1. The molecular weight excluding hydrogens is 445 g/mol. The number of carbonyl (C=O) groups is 1. The van der Waals surface area contributed by atoms with E-state index in [1.54, 1.807) is 4.90 Å². The van der Waals surface area contributed by atoms with Gasteiger partial charge in [0, 0.05) is 39.3 Å². The lowest BCUT2D eigenvalue weighted by Crippen LogP contribution is -2.53. The third kappa shape index (κ3) is 7.46. The molecule has 2 rings (SSSR count). The summed E-state index contributed by atoms with van der Waals surface area (Å²) in [6.45, 7) is 14.8. The van der Waals surface area contributed by atoms with Gasteiger partial charge in [-0.25, -0.2) is 4.79 Å². The van der Waals surface area contributed by atoms with Crippen molar-refractivity contribution in [3.63, 3.8) is 0 Å². The highest BCUT2D eigenvalue weighted by molar-refractivity contribution is 14.0. The number of carbonyl (C=O) groups excluding carboxylic acids is 1. The molecular formula is C18H36IN5O2. The lowest BCUT2D eigenvalue weighted by Gasteiger charge is -2.36. The van der Waals surface area contributed by atoms with Crippen LogP contribution in [0.3, 0.4) is 0 Å². The van der Waals surface area contributed by atoms with E-state index in [2.05, 4.69) is 21.7 Å². The van der Waals surface area contributed by atoms with Crippen LogP contribution in [-0.4, -0.2) is 84.7 Å². The number of piperidine rings is 1. The maximum absolute atomic E-state index is 12.1. The Balaban J connectivity index is 0.00000338. The van der Waals surface area contributed by atoms with Gasteiger partial charge in [0.25, 0.3) is 0 Å². The molecule has 0 aliphatic carbocycles. The first kappa shape index (κ1) is 23.3. The molecule has 2 saturated heterocycles. The maximum Gasteiger partial charge on any atom is 0.410 e. The third-order valence-corrected chi connectivity index (χ3v) is 4.82. The molecule has 8 heteroatoms. The van der Waals surface area contributed by atoms with Gasteiger partial charge in [-0.3, -0.25) is 4.99 Å². The molecule has 0 spiro atoms. The first-order valence-corrected chi connectivity index (χ1v) is 9.53. The van der Waals surface area contributed by atoms with Gasteiger partial charge in [0.1, 0.15) is 5.60 Å². The van der Waals surface area contributed by atoms with Crippen LogP contribution in [-0.2, 0) is 4.74 Å². The van der Waals surface area contributed by atoms with Crippen molar-refractivity contribution >= 4 is 36.0 Å². The minimum Gasteiger partial charge on any atom is -0.444 e. The highest BCUT2D eigenvalue weighted by Crippen LogP contribution is 2.16. The highest BCUT2D eigenvalue weighted by atomic mass is 127. The van der Waals surface area contributed by atoms with Crippen LogP contribution in [0.2, 0.25) is 0 Å². The van der Waals surface area contributed by atoms with Gasteiger partial charge in [-0.05, 0) is 52.6 Å². The number of nitrogens with two attached hydrogens (primary N) is 1. The lowest BCUT2D eigenvalue weighted by atomic mass is 9.98. The molecule has 152 valence electrons. The minimum absolute atomic E-state index is 0. The van der Waals surface area contributed by atoms with Crippen molar-refractivity contribution in [2.45, 2.75) is 46.1 Å². The second-order valence-electron chi connectivity index (χ2n) is 8.05. The summed E-state index contributed by atoms with van der Waals surface area (Å²) < 4.78 is 5.42. The van der Waals surface area contributed by atoms with Crippen LogP contribution in [0.5, 0.6) is 0 Å². The van der Waals surface area contributed by atoms with Crippen LogP contribution >= 0.6 is 24.0 Å². The number of halogens is 1. The van der Waals surface area contributed by atoms with Gasteiger partial charge in [0.2, 0.25) is 0 Å². The topological polar surface area (TPSA) is 74.4 Å². The van der Waals surface area contributed by atoms with Crippen molar-refractivity contribution in [1.29, 1.82) is 0 Å². The highest BCUT2D eigenvalue weighted by Gasteiger charge is 2.26. The average Bonchev–Trinajstić information content (AvgIpc) is 2.58. The normalized spacial score (nSPS) is 22.8. The summed E-state index contributed by atoms with van der Waals surface area (Å²) in [7, 11) is 0. The molecule has 2 aliphatic rings. The second kappa shape index (κ2) is 10.5. The fraction of sp³-hybridized carbons (Fsp3) is 0.889. The van der Waals surface area contributed by atoms with E-state index in [0.717, 1.165) is 19.6 Å². The van der Waals surface area contributed by atoms with Gasteiger partial charge in [-0.2, -0.15) is 0 Å². The molecule has 0 aromatic heterocycles. The zero-order valence-corrected chi connectivity index (χ0v) is 19.1. The van der Waals surface area contributed by atoms with E-state index in [9.17, 15) is 4.79 Å². The maximum atomic E-state index is 12.1. The molecule has 0 radical (unpaired) electrons. The Morgan fingerprint density at radius 1 is 1.15 bits per heavy atom. The summed E-state index contributed by atoms with van der Waals surface area (Å²) >= 11 is 0. The van der Waals surface area contributed by atoms with Crippen molar-refractivity contribution in [3.8, 4) is 0 Å². The Bertz CT molecular complexity index is 473. The predicted molar refractivity (Wildman–Crippen MR) is 116 cm³/mol. The molecule has 2 N–H and O–H groups in total. The van der Waals surface area contributed by atoms with Gasteiger partial charge >= 0.3 is 6.09 Å². The van der Waals surface area contributed by atoms with E-state index in [0.29, 0.717) is 38.1 Å². The molecule has 0 bridgehead atoms. The van der Waals surface area contributed by atoms with Gasteiger partial charge < -0.3 is 25.2 Å². The number of nitrogens with zero attached hydrogens (tertiary/aromatic N) is 4.